The fraction of sp³-hybridized carbons (Fsp3) is 0.300. The molecular formula is C10H9ClF3O. The lowest BCUT2D eigenvalue weighted by Gasteiger charge is -2.12. The number of halogens is 4. The first-order valence-electron chi connectivity index (χ1n) is 4.15. The molecule has 0 saturated heterocycles. The summed E-state index contributed by atoms with van der Waals surface area (Å²) < 4.78 is 39.6. The molecule has 0 aliphatic rings. The van der Waals surface area contributed by atoms with Crippen molar-refractivity contribution in [2.75, 3.05) is 0 Å². The Hall–Kier alpha value is -0.900. The van der Waals surface area contributed by atoms with E-state index >= 15 is 0 Å². The van der Waals surface area contributed by atoms with E-state index in [0.717, 1.165) is 12.0 Å². The summed E-state index contributed by atoms with van der Waals surface area (Å²) in [6.07, 6.45) is -4.69. The van der Waals surface area contributed by atoms with Crippen LogP contribution in [0.25, 0.3) is 0 Å². The van der Waals surface area contributed by atoms with Crippen LogP contribution in [0, 0.1) is 5.92 Å². The molecule has 0 bridgehead atoms. The monoisotopic (exact) mass is 237 g/mol. The van der Waals surface area contributed by atoms with Gasteiger partial charge in [0.1, 0.15) is 5.75 Å². The predicted molar refractivity (Wildman–Crippen MR) is 51.8 cm³/mol. The second kappa shape index (κ2) is 4.31. The van der Waals surface area contributed by atoms with Crippen molar-refractivity contribution in [1.29, 1.82) is 0 Å². The van der Waals surface area contributed by atoms with E-state index in [1.54, 1.807) is 19.9 Å². The van der Waals surface area contributed by atoms with Gasteiger partial charge in [-0.05, 0) is 29.7 Å². The zero-order valence-electron chi connectivity index (χ0n) is 8.15. The van der Waals surface area contributed by atoms with E-state index in [1.807, 2.05) is 0 Å². The summed E-state index contributed by atoms with van der Waals surface area (Å²) in [5, 5.41) is 0.216. The predicted octanol–water partition coefficient (Wildman–Crippen LogP) is 4.20. The average Bonchev–Trinajstić information content (AvgIpc) is 1.99. The summed E-state index contributed by atoms with van der Waals surface area (Å²) in [7, 11) is 0. The Morgan fingerprint density at radius 3 is 2.27 bits per heavy atom. The van der Waals surface area contributed by atoms with E-state index in [1.165, 1.54) is 6.07 Å². The number of rotatable bonds is 2. The van der Waals surface area contributed by atoms with Crippen LogP contribution in [-0.4, -0.2) is 6.36 Å². The average molecular weight is 238 g/mol. The fourth-order valence-corrected chi connectivity index (χ4v) is 1.27. The van der Waals surface area contributed by atoms with Crippen molar-refractivity contribution < 1.29 is 17.9 Å². The van der Waals surface area contributed by atoms with Gasteiger partial charge in [-0.25, -0.2) is 0 Å². The first kappa shape index (κ1) is 12.2. The number of hydrogen-bond acceptors (Lipinski definition) is 1. The molecule has 0 N–H and O–H groups in total. The number of hydrogen-bond donors (Lipinski definition) is 0. The van der Waals surface area contributed by atoms with Gasteiger partial charge in [-0.1, -0.05) is 25.4 Å². The Bertz CT molecular complexity index is 347. The summed E-state index contributed by atoms with van der Waals surface area (Å²) in [4.78, 5) is 0. The molecule has 1 rings (SSSR count). The second-order valence-electron chi connectivity index (χ2n) is 3.22. The topological polar surface area (TPSA) is 9.23 Å². The quantitative estimate of drug-likeness (QED) is 0.749. The van der Waals surface area contributed by atoms with Crippen molar-refractivity contribution in [3.8, 4) is 5.75 Å². The van der Waals surface area contributed by atoms with Gasteiger partial charge in [0.2, 0.25) is 0 Å². The third kappa shape index (κ3) is 4.00. The van der Waals surface area contributed by atoms with E-state index < -0.39 is 6.36 Å². The second-order valence-corrected chi connectivity index (χ2v) is 3.66. The van der Waals surface area contributed by atoms with E-state index in [2.05, 4.69) is 4.74 Å². The van der Waals surface area contributed by atoms with Crippen molar-refractivity contribution in [3.63, 3.8) is 0 Å². The first-order chi connectivity index (χ1) is 6.78. The maximum absolute atomic E-state index is 11.9. The molecule has 1 nitrogen and oxygen atoms in total. The van der Waals surface area contributed by atoms with Crippen LogP contribution in [-0.2, 0) is 0 Å². The molecule has 1 radical (unpaired) electrons. The van der Waals surface area contributed by atoms with E-state index in [-0.39, 0.29) is 10.8 Å². The Kier molecular flexibility index (Phi) is 3.50. The maximum atomic E-state index is 11.9. The molecule has 0 aliphatic carbocycles. The maximum Gasteiger partial charge on any atom is 0.573 e. The SMILES string of the molecule is C[C](C)c1cc(Cl)cc(OC(F)(F)F)c1. The molecule has 0 saturated carbocycles. The summed E-state index contributed by atoms with van der Waals surface area (Å²) in [5.41, 5.74) is 0.627. The molecule has 0 spiro atoms. The molecule has 0 heterocycles. The fourth-order valence-electron chi connectivity index (χ4n) is 1.04. The molecule has 1 aromatic carbocycles. The van der Waals surface area contributed by atoms with Gasteiger partial charge < -0.3 is 4.74 Å². The van der Waals surface area contributed by atoms with Gasteiger partial charge >= 0.3 is 6.36 Å². The number of ether oxygens (including phenoxy) is 1. The Balaban J connectivity index is 2.99. The minimum absolute atomic E-state index is 0.216. The van der Waals surface area contributed by atoms with Gasteiger partial charge in [0, 0.05) is 5.02 Å². The summed E-state index contributed by atoms with van der Waals surface area (Å²) in [6.45, 7) is 3.56. The minimum Gasteiger partial charge on any atom is -0.406 e. The highest BCUT2D eigenvalue weighted by molar-refractivity contribution is 6.30. The lowest BCUT2D eigenvalue weighted by atomic mass is 10.0. The molecule has 0 atom stereocenters. The number of alkyl halides is 3. The van der Waals surface area contributed by atoms with Crippen LogP contribution in [0.5, 0.6) is 5.75 Å². The number of benzene rings is 1. The van der Waals surface area contributed by atoms with Crippen molar-refractivity contribution >= 4 is 11.6 Å². The van der Waals surface area contributed by atoms with Crippen molar-refractivity contribution in [3.05, 3.63) is 34.7 Å². The molecule has 0 unspecified atom stereocenters. The Morgan fingerprint density at radius 1 is 1.20 bits per heavy atom. The molecule has 0 amide bonds. The van der Waals surface area contributed by atoms with E-state index in [9.17, 15) is 13.2 Å². The lowest BCUT2D eigenvalue weighted by molar-refractivity contribution is -0.274. The third-order valence-corrected chi connectivity index (χ3v) is 1.90. The standard InChI is InChI=1S/C10H9ClF3O/c1-6(2)7-3-8(11)5-9(4-7)15-10(12,13)14/h3-5H,1-2H3. The lowest BCUT2D eigenvalue weighted by Crippen LogP contribution is -2.17. The van der Waals surface area contributed by atoms with Crippen LogP contribution in [0.15, 0.2) is 18.2 Å². The summed E-state index contributed by atoms with van der Waals surface area (Å²) in [5.74, 6) is 0.565. The molecule has 5 heteroatoms. The molecule has 15 heavy (non-hydrogen) atoms. The Morgan fingerprint density at radius 2 is 1.80 bits per heavy atom. The zero-order chi connectivity index (χ0) is 11.6. The molecule has 0 aliphatic heterocycles. The molecule has 83 valence electrons. The highest BCUT2D eigenvalue weighted by Gasteiger charge is 2.31. The van der Waals surface area contributed by atoms with Crippen LogP contribution in [0.3, 0.4) is 0 Å². The third-order valence-electron chi connectivity index (χ3n) is 1.68. The van der Waals surface area contributed by atoms with Gasteiger partial charge in [-0.15, -0.1) is 13.2 Å². The van der Waals surface area contributed by atoms with Crippen molar-refractivity contribution in [1.82, 2.24) is 0 Å². The molecule has 1 aromatic rings. The first-order valence-corrected chi connectivity index (χ1v) is 4.52. The largest absolute Gasteiger partial charge is 0.573 e. The van der Waals surface area contributed by atoms with Crippen LogP contribution >= 0.6 is 11.6 Å². The highest BCUT2D eigenvalue weighted by Crippen LogP contribution is 2.29. The van der Waals surface area contributed by atoms with Crippen LogP contribution in [0.1, 0.15) is 19.4 Å². The molecule has 0 fully saturated rings. The van der Waals surface area contributed by atoms with E-state index in [4.69, 9.17) is 11.6 Å². The minimum atomic E-state index is -4.69. The molecule has 0 aromatic heterocycles. The zero-order valence-corrected chi connectivity index (χ0v) is 8.91. The van der Waals surface area contributed by atoms with Crippen LogP contribution in [0.4, 0.5) is 13.2 Å². The molecular weight excluding hydrogens is 229 g/mol. The van der Waals surface area contributed by atoms with Gasteiger partial charge in [0.05, 0.1) is 0 Å². The van der Waals surface area contributed by atoms with Crippen LogP contribution in [0.2, 0.25) is 5.02 Å². The van der Waals surface area contributed by atoms with Crippen LogP contribution < -0.4 is 4.74 Å². The smallest absolute Gasteiger partial charge is 0.406 e. The highest BCUT2D eigenvalue weighted by atomic mass is 35.5. The normalized spacial score (nSPS) is 11.9. The van der Waals surface area contributed by atoms with Gasteiger partial charge in [0.25, 0.3) is 0 Å². The Labute approximate surface area is 90.8 Å². The summed E-state index contributed by atoms with van der Waals surface area (Å²) >= 11 is 5.66. The van der Waals surface area contributed by atoms with E-state index in [0.29, 0.717) is 5.56 Å². The van der Waals surface area contributed by atoms with Crippen molar-refractivity contribution in [2.45, 2.75) is 20.2 Å². The summed E-state index contributed by atoms with van der Waals surface area (Å²) in [6, 6.07) is 4.01. The van der Waals surface area contributed by atoms with Crippen molar-refractivity contribution in [2.24, 2.45) is 0 Å². The van der Waals surface area contributed by atoms with Gasteiger partial charge in [-0.2, -0.15) is 0 Å². The van der Waals surface area contributed by atoms with Gasteiger partial charge in [-0.3, -0.25) is 0 Å². The van der Waals surface area contributed by atoms with Gasteiger partial charge in [0.15, 0.2) is 0 Å².